The molecule has 1 N–H and O–H groups in total. The average Bonchev–Trinajstić information content (AvgIpc) is 2.51. The van der Waals surface area contributed by atoms with Gasteiger partial charge in [-0.25, -0.2) is 0 Å². The summed E-state index contributed by atoms with van der Waals surface area (Å²) in [5.74, 6) is 1.39. The highest BCUT2D eigenvalue weighted by Gasteiger charge is 2.16. The van der Waals surface area contributed by atoms with Crippen molar-refractivity contribution in [2.75, 3.05) is 43.4 Å². The van der Waals surface area contributed by atoms with Crippen molar-refractivity contribution >= 4 is 33.4 Å². The third-order valence-electron chi connectivity index (χ3n) is 3.47. The van der Waals surface area contributed by atoms with Crippen molar-refractivity contribution in [2.24, 2.45) is 0 Å². The zero-order chi connectivity index (χ0) is 14.7. The van der Waals surface area contributed by atoms with Crippen molar-refractivity contribution in [3.63, 3.8) is 0 Å². The lowest BCUT2D eigenvalue weighted by Crippen LogP contribution is -2.44. The lowest BCUT2D eigenvalue weighted by molar-refractivity contribution is 0.312. The van der Waals surface area contributed by atoms with E-state index in [9.17, 15) is 0 Å². The minimum atomic E-state index is 0.522. The van der Waals surface area contributed by atoms with Crippen LogP contribution in [-0.2, 0) is 0 Å². The van der Waals surface area contributed by atoms with E-state index in [0.717, 1.165) is 42.2 Å². The van der Waals surface area contributed by atoms with Gasteiger partial charge in [-0.3, -0.25) is 0 Å². The van der Waals surface area contributed by atoms with Gasteiger partial charge in [0, 0.05) is 36.3 Å². The Morgan fingerprint density at radius 3 is 2.52 bits per heavy atom. The summed E-state index contributed by atoms with van der Waals surface area (Å²) < 4.78 is 1.04. The fourth-order valence-electron chi connectivity index (χ4n) is 2.20. The number of nitrogens with one attached hydrogen (secondary N) is 1. The maximum Gasteiger partial charge on any atom is 0.249 e. The van der Waals surface area contributed by atoms with Gasteiger partial charge < -0.3 is 15.1 Å². The largest absolute Gasteiger partial charge is 0.353 e. The minimum absolute atomic E-state index is 0.522. The summed E-state index contributed by atoms with van der Waals surface area (Å²) in [6, 6.07) is 7.88. The molecule has 1 fully saturated rings. The molecule has 21 heavy (non-hydrogen) atoms. The number of likely N-dealkylation sites (N-methyl/N-ethyl adjacent to an activating group) is 1. The molecule has 0 spiro atoms. The topological polar surface area (TPSA) is 57.2 Å². The fraction of sp³-hybridized carbons (Fsp3) is 0.357. The lowest BCUT2D eigenvalue weighted by Gasteiger charge is -2.32. The SMILES string of the molecule is CN1CCN(c2cnnc(Nc3ccc(Br)cc3)n2)CC1. The number of hydrogen-bond acceptors (Lipinski definition) is 6. The highest BCUT2D eigenvalue weighted by molar-refractivity contribution is 9.10. The highest BCUT2D eigenvalue weighted by Crippen LogP contribution is 2.18. The molecule has 1 saturated heterocycles. The predicted molar refractivity (Wildman–Crippen MR) is 87.0 cm³/mol. The molecule has 0 radical (unpaired) electrons. The molecule has 1 aliphatic heterocycles. The van der Waals surface area contributed by atoms with Gasteiger partial charge in [0.15, 0.2) is 5.82 Å². The fourth-order valence-corrected chi connectivity index (χ4v) is 2.46. The van der Waals surface area contributed by atoms with Crippen LogP contribution in [0.4, 0.5) is 17.5 Å². The molecule has 1 aliphatic rings. The first-order valence-corrected chi connectivity index (χ1v) is 7.66. The number of anilines is 3. The number of piperazine rings is 1. The maximum atomic E-state index is 4.55. The second kappa shape index (κ2) is 6.36. The van der Waals surface area contributed by atoms with Crippen molar-refractivity contribution in [2.45, 2.75) is 0 Å². The summed E-state index contributed by atoms with van der Waals surface area (Å²) in [5, 5.41) is 11.3. The van der Waals surface area contributed by atoms with E-state index >= 15 is 0 Å². The van der Waals surface area contributed by atoms with E-state index in [1.807, 2.05) is 24.3 Å². The van der Waals surface area contributed by atoms with Gasteiger partial charge in [0.1, 0.15) is 0 Å². The van der Waals surface area contributed by atoms with E-state index in [-0.39, 0.29) is 0 Å². The zero-order valence-electron chi connectivity index (χ0n) is 11.8. The molecule has 6 nitrogen and oxygen atoms in total. The van der Waals surface area contributed by atoms with Gasteiger partial charge in [0.05, 0.1) is 6.20 Å². The van der Waals surface area contributed by atoms with E-state index in [1.165, 1.54) is 0 Å². The van der Waals surface area contributed by atoms with Crippen LogP contribution in [0.15, 0.2) is 34.9 Å². The quantitative estimate of drug-likeness (QED) is 0.916. The van der Waals surface area contributed by atoms with Crippen molar-refractivity contribution in [1.82, 2.24) is 20.1 Å². The predicted octanol–water partition coefficient (Wildman–Crippen LogP) is 2.13. The Balaban J connectivity index is 1.72. The number of hydrogen-bond donors (Lipinski definition) is 1. The highest BCUT2D eigenvalue weighted by atomic mass is 79.9. The van der Waals surface area contributed by atoms with Crippen molar-refractivity contribution < 1.29 is 0 Å². The molecule has 0 saturated carbocycles. The Morgan fingerprint density at radius 2 is 1.81 bits per heavy atom. The average molecular weight is 349 g/mol. The van der Waals surface area contributed by atoms with Crippen LogP contribution in [-0.4, -0.2) is 53.3 Å². The third kappa shape index (κ3) is 3.68. The minimum Gasteiger partial charge on any atom is -0.353 e. The molecule has 1 aromatic heterocycles. The molecular weight excluding hydrogens is 332 g/mol. The smallest absolute Gasteiger partial charge is 0.249 e. The Morgan fingerprint density at radius 1 is 1.10 bits per heavy atom. The second-order valence-electron chi connectivity index (χ2n) is 5.06. The Labute approximate surface area is 132 Å². The number of aromatic nitrogens is 3. The molecule has 0 unspecified atom stereocenters. The van der Waals surface area contributed by atoms with Crippen LogP contribution in [0.25, 0.3) is 0 Å². The molecule has 1 aromatic carbocycles. The number of nitrogens with zero attached hydrogens (tertiary/aromatic N) is 5. The maximum absolute atomic E-state index is 4.55. The van der Waals surface area contributed by atoms with Crippen LogP contribution in [0, 0.1) is 0 Å². The first-order chi connectivity index (χ1) is 10.2. The molecule has 2 aromatic rings. The molecule has 0 bridgehead atoms. The Kier molecular flexibility index (Phi) is 4.31. The molecular formula is C14H17BrN6. The lowest BCUT2D eigenvalue weighted by atomic mass is 10.3. The van der Waals surface area contributed by atoms with Gasteiger partial charge in [-0.1, -0.05) is 15.9 Å². The van der Waals surface area contributed by atoms with E-state index < -0.39 is 0 Å². The summed E-state index contributed by atoms with van der Waals surface area (Å²) in [7, 11) is 2.14. The normalized spacial score (nSPS) is 16.0. The molecule has 3 rings (SSSR count). The molecule has 0 atom stereocenters. The van der Waals surface area contributed by atoms with Gasteiger partial charge in [-0.2, -0.15) is 10.1 Å². The zero-order valence-corrected chi connectivity index (χ0v) is 13.4. The van der Waals surface area contributed by atoms with Crippen LogP contribution in [0.5, 0.6) is 0 Å². The third-order valence-corrected chi connectivity index (χ3v) is 4.00. The first-order valence-electron chi connectivity index (χ1n) is 6.86. The van der Waals surface area contributed by atoms with E-state index in [2.05, 4.69) is 53.3 Å². The molecule has 2 heterocycles. The van der Waals surface area contributed by atoms with Crippen LogP contribution in [0.3, 0.4) is 0 Å². The van der Waals surface area contributed by atoms with Crippen molar-refractivity contribution in [3.8, 4) is 0 Å². The molecule has 110 valence electrons. The standard InChI is InChI=1S/C14H17BrN6/c1-20-6-8-21(9-7-20)13-10-16-19-14(18-13)17-12-4-2-11(15)3-5-12/h2-5,10H,6-9H2,1H3,(H,17,18,19). The Hall–Kier alpha value is -1.73. The van der Waals surface area contributed by atoms with Gasteiger partial charge in [0.25, 0.3) is 0 Å². The summed E-state index contributed by atoms with van der Waals surface area (Å²) >= 11 is 3.42. The summed E-state index contributed by atoms with van der Waals surface area (Å²) in [6.45, 7) is 4.01. The van der Waals surface area contributed by atoms with Gasteiger partial charge in [-0.15, -0.1) is 5.10 Å². The summed E-state index contributed by atoms with van der Waals surface area (Å²) in [4.78, 5) is 9.10. The van der Waals surface area contributed by atoms with E-state index in [1.54, 1.807) is 6.20 Å². The van der Waals surface area contributed by atoms with Crippen LogP contribution >= 0.6 is 15.9 Å². The number of rotatable bonds is 3. The monoisotopic (exact) mass is 348 g/mol. The van der Waals surface area contributed by atoms with E-state index in [4.69, 9.17) is 0 Å². The van der Waals surface area contributed by atoms with E-state index in [0.29, 0.717) is 5.95 Å². The first kappa shape index (κ1) is 14.2. The molecule has 0 amide bonds. The molecule has 0 aliphatic carbocycles. The second-order valence-corrected chi connectivity index (χ2v) is 5.98. The van der Waals surface area contributed by atoms with Crippen LogP contribution in [0.1, 0.15) is 0 Å². The van der Waals surface area contributed by atoms with Crippen molar-refractivity contribution in [1.29, 1.82) is 0 Å². The summed E-state index contributed by atoms with van der Waals surface area (Å²) in [5.41, 5.74) is 0.940. The van der Waals surface area contributed by atoms with Gasteiger partial charge in [-0.05, 0) is 31.3 Å². The summed E-state index contributed by atoms with van der Waals surface area (Å²) in [6.07, 6.45) is 1.72. The van der Waals surface area contributed by atoms with Gasteiger partial charge in [0.2, 0.25) is 5.95 Å². The Bertz CT molecular complexity index is 595. The molecule has 7 heteroatoms. The van der Waals surface area contributed by atoms with Crippen LogP contribution in [0.2, 0.25) is 0 Å². The van der Waals surface area contributed by atoms with Crippen molar-refractivity contribution in [3.05, 3.63) is 34.9 Å². The van der Waals surface area contributed by atoms with Gasteiger partial charge >= 0.3 is 0 Å². The number of halogens is 1. The number of benzene rings is 1. The van der Waals surface area contributed by atoms with Crippen LogP contribution < -0.4 is 10.2 Å².